The lowest BCUT2D eigenvalue weighted by Crippen LogP contribution is -2.26. The predicted octanol–water partition coefficient (Wildman–Crippen LogP) is 2.06. The lowest BCUT2D eigenvalue weighted by atomic mass is 10.4. The number of esters is 1. The first kappa shape index (κ1) is 14.9. The summed E-state index contributed by atoms with van der Waals surface area (Å²) in [7, 11) is 0. The van der Waals surface area contributed by atoms with Crippen molar-refractivity contribution in [2.24, 2.45) is 0 Å². The van der Waals surface area contributed by atoms with Gasteiger partial charge in [-0.25, -0.2) is 4.79 Å². The molecule has 0 aliphatic rings. The van der Waals surface area contributed by atoms with Crippen molar-refractivity contribution < 1.29 is 19.0 Å². The highest BCUT2D eigenvalue weighted by Crippen LogP contribution is 2.03. The third-order valence-corrected chi connectivity index (χ3v) is 1.63. The van der Waals surface area contributed by atoms with Crippen molar-refractivity contribution in [3.8, 4) is 0 Å². The highest BCUT2D eigenvalue weighted by molar-refractivity contribution is 5.86. The van der Waals surface area contributed by atoms with E-state index in [4.69, 9.17) is 14.2 Å². The van der Waals surface area contributed by atoms with Gasteiger partial charge in [-0.1, -0.05) is 12.7 Å². The predicted molar refractivity (Wildman–Crippen MR) is 61.9 cm³/mol. The molecular formula is C12H20O4. The molecule has 0 rings (SSSR count). The minimum absolute atomic E-state index is 0.145. The molecular weight excluding hydrogens is 208 g/mol. The Morgan fingerprint density at radius 2 is 2.06 bits per heavy atom. The standard InChI is InChI=1S/C12H20O4/c1-6-7-14-8-10(4)15-11(5)16-12(13)9(2)3/h6,10-11H,1-2,7-8H2,3-5H3. The van der Waals surface area contributed by atoms with Crippen molar-refractivity contribution in [2.45, 2.75) is 33.2 Å². The Morgan fingerprint density at radius 1 is 1.44 bits per heavy atom. The second-order valence-corrected chi connectivity index (χ2v) is 3.53. The highest BCUT2D eigenvalue weighted by Gasteiger charge is 2.13. The van der Waals surface area contributed by atoms with Gasteiger partial charge in [0.25, 0.3) is 0 Å². The first-order valence-electron chi connectivity index (χ1n) is 5.18. The number of hydrogen-bond donors (Lipinski definition) is 0. The molecule has 4 heteroatoms. The second-order valence-electron chi connectivity index (χ2n) is 3.53. The Morgan fingerprint density at radius 3 is 2.56 bits per heavy atom. The van der Waals surface area contributed by atoms with Crippen LogP contribution in [0.2, 0.25) is 0 Å². The molecule has 0 bridgehead atoms. The zero-order valence-corrected chi connectivity index (χ0v) is 10.2. The van der Waals surface area contributed by atoms with Crippen molar-refractivity contribution in [3.05, 3.63) is 24.8 Å². The maximum Gasteiger partial charge on any atom is 0.335 e. The van der Waals surface area contributed by atoms with Crippen LogP contribution < -0.4 is 0 Å². The molecule has 0 fully saturated rings. The molecule has 0 N–H and O–H groups in total. The molecule has 4 nitrogen and oxygen atoms in total. The van der Waals surface area contributed by atoms with Crippen LogP contribution in [-0.2, 0) is 19.0 Å². The minimum atomic E-state index is -0.605. The molecule has 2 unspecified atom stereocenters. The summed E-state index contributed by atoms with van der Waals surface area (Å²) in [6.07, 6.45) is 0.913. The molecule has 0 saturated carbocycles. The molecule has 16 heavy (non-hydrogen) atoms. The van der Waals surface area contributed by atoms with Crippen LogP contribution in [0, 0.1) is 0 Å². The van der Waals surface area contributed by atoms with Gasteiger partial charge in [-0.2, -0.15) is 0 Å². The van der Waals surface area contributed by atoms with E-state index in [1.54, 1.807) is 19.9 Å². The zero-order valence-electron chi connectivity index (χ0n) is 10.2. The number of rotatable bonds is 8. The van der Waals surface area contributed by atoms with Gasteiger partial charge in [0.1, 0.15) is 0 Å². The average molecular weight is 228 g/mol. The number of carbonyl (C=O) groups excluding carboxylic acids is 1. The lowest BCUT2D eigenvalue weighted by Gasteiger charge is -2.19. The topological polar surface area (TPSA) is 44.8 Å². The fourth-order valence-electron chi connectivity index (χ4n) is 0.963. The summed E-state index contributed by atoms with van der Waals surface area (Å²) in [5.74, 6) is -0.452. The maximum absolute atomic E-state index is 11.1. The van der Waals surface area contributed by atoms with E-state index in [2.05, 4.69) is 13.2 Å². The average Bonchev–Trinajstić information content (AvgIpc) is 2.17. The molecule has 2 atom stereocenters. The molecule has 0 aliphatic heterocycles. The van der Waals surface area contributed by atoms with Gasteiger partial charge in [0, 0.05) is 5.57 Å². The molecule has 0 amide bonds. The van der Waals surface area contributed by atoms with E-state index in [9.17, 15) is 4.79 Å². The number of hydrogen-bond acceptors (Lipinski definition) is 4. The van der Waals surface area contributed by atoms with Crippen LogP contribution in [-0.4, -0.2) is 31.6 Å². The van der Waals surface area contributed by atoms with Crippen molar-refractivity contribution in [1.82, 2.24) is 0 Å². The molecule has 0 spiro atoms. The van der Waals surface area contributed by atoms with E-state index in [1.807, 2.05) is 6.92 Å². The maximum atomic E-state index is 11.1. The summed E-state index contributed by atoms with van der Waals surface area (Å²) >= 11 is 0. The Labute approximate surface area is 96.9 Å². The van der Waals surface area contributed by atoms with Crippen molar-refractivity contribution in [1.29, 1.82) is 0 Å². The number of carbonyl (C=O) groups is 1. The second kappa shape index (κ2) is 8.07. The van der Waals surface area contributed by atoms with Crippen LogP contribution in [0.5, 0.6) is 0 Å². The highest BCUT2D eigenvalue weighted by atomic mass is 16.7. The zero-order chi connectivity index (χ0) is 12.6. The summed E-state index contributed by atoms with van der Waals surface area (Å²) in [5.41, 5.74) is 0.353. The molecule has 0 radical (unpaired) electrons. The number of ether oxygens (including phenoxy) is 3. The van der Waals surface area contributed by atoms with Gasteiger partial charge in [0.05, 0.1) is 19.3 Å². The summed E-state index contributed by atoms with van der Waals surface area (Å²) in [6.45, 7) is 13.0. The molecule has 0 aromatic carbocycles. The first-order valence-corrected chi connectivity index (χ1v) is 5.18. The molecule has 0 aliphatic carbocycles. The van der Waals surface area contributed by atoms with Crippen LogP contribution in [0.3, 0.4) is 0 Å². The van der Waals surface area contributed by atoms with E-state index in [1.165, 1.54) is 0 Å². The fraction of sp³-hybridized carbons (Fsp3) is 0.583. The Kier molecular flexibility index (Phi) is 7.50. The largest absolute Gasteiger partial charge is 0.433 e. The monoisotopic (exact) mass is 228 g/mol. The van der Waals surface area contributed by atoms with Crippen LogP contribution in [0.15, 0.2) is 24.8 Å². The van der Waals surface area contributed by atoms with Gasteiger partial charge in [-0.05, 0) is 20.8 Å². The van der Waals surface area contributed by atoms with E-state index >= 15 is 0 Å². The van der Waals surface area contributed by atoms with Crippen LogP contribution in [0.4, 0.5) is 0 Å². The molecule has 0 aromatic heterocycles. The van der Waals surface area contributed by atoms with Crippen molar-refractivity contribution in [2.75, 3.05) is 13.2 Å². The Balaban J connectivity index is 3.77. The third-order valence-electron chi connectivity index (χ3n) is 1.63. The van der Waals surface area contributed by atoms with Gasteiger partial charge in [0.15, 0.2) is 0 Å². The summed E-state index contributed by atoms with van der Waals surface area (Å²) < 4.78 is 15.5. The van der Waals surface area contributed by atoms with Crippen LogP contribution >= 0.6 is 0 Å². The minimum Gasteiger partial charge on any atom is -0.433 e. The van der Waals surface area contributed by atoms with E-state index in [-0.39, 0.29) is 6.10 Å². The Bertz CT molecular complexity index is 247. The fourth-order valence-corrected chi connectivity index (χ4v) is 0.963. The van der Waals surface area contributed by atoms with E-state index in [0.717, 1.165) is 0 Å². The van der Waals surface area contributed by atoms with Gasteiger partial charge < -0.3 is 14.2 Å². The first-order chi connectivity index (χ1) is 7.47. The van der Waals surface area contributed by atoms with Crippen molar-refractivity contribution >= 4 is 5.97 Å². The summed E-state index contributed by atoms with van der Waals surface area (Å²) in [4.78, 5) is 11.1. The van der Waals surface area contributed by atoms with E-state index in [0.29, 0.717) is 18.8 Å². The molecule has 0 heterocycles. The normalized spacial score (nSPS) is 13.9. The van der Waals surface area contributed by atoms with Crippen LogP contribution in [0.25, 0.3) is 0 Å². The summed E-state index contributed by atoms with van der Waals surface area (Å²) in [6, 6.07) is 0. The van der Waals surface area contributed by atoms with Crippen LogP contribution in [0.1, 0.15) is 20.8 Å². The van der Waals surface area contributed by atoms with Crippen molar-refractivity contribution in [3.63, 3.8) is 0 Å². The quantitative estimate of drug-likeness (QED) is 0.210. The van der Waals surface area contributed by atoms with Gasteiger partial charge in [0.2, 0.25) is 6.29 Å². The van der Waals surface area contributed by atoms with Gasteiger partial charge >= 0.3 is 5.97 Å². The molecule has 92 valence electrons. The van der Waals surface area contributed by atoms with Gasteiger partial charge in [-0.3, -0.25) is 0 Å². The SMILES string of the molecule is C=CCOCC(C)OC(C)OC(=O)C(=C)C. The van der Waals surface area contributed by atoms with Gasteiger partial charge in [-0.15, -0.1) is 6.58 Å². The molecule has 0 saturated heterocycles. The lowest BCUT2D eigenvalue weighted by molar-refractivity contribution is -0.183. The Hall–Kier alpha value is -1.13. The smallest absolute Gasteiger partial charge is 0.335 e. The molecule has 0 aromatic rings. The van der Waals surface area contributed by atoms with E-state index < -0.39 is 12.3 Å². The third kappa shape index (κ3) is 7.20. The summed E-state index contributed by atoms with van der Waals surface area (Å²) in [5, 5.41) is 0.